The summed E-state index contributed by atoms with van der Waals surface area (Å²) in [6.45, 7) is 0. The Morgan fingerprint density at radius 2 is 1.30 bits per heavy atom. The summed E-state index contributed by atoms with van der Waals surface area (Å²) in [6.07, 6.45) is 0.0329. The largest absolute Gasteiger partial charge is 0.454 e. The number of fused-ring (bicyclic) bond motifs is 11. The van der Waals surface area contributed by atoms with Crippen molar-refractivity contribution in [1.82, 2.24) is 0 Å². The van der Waals surface area contributed by atoms with Gasteiger partial charge in [-0.15, -0.1) is 0 Å². The summed E-state index contributed by atoms with van der Waals surface area (Å²) in [5, 5.41) is 7.42. The van der Waals surface area contributed by atoms with Gasteiger partial charge in [0.2, 0.25) is 0 Å². The molecule has 0 spiro atoms. The zero-order valence-corrected chi connectivity index (χ0v) is 21.6. The molecule has 9 rings (SSSR count). The summed E-state index contributed by atoms with van der Waals surface area (Å²) in [5.74, 6) is 0.934. The smallest absolute Gasteiger partial charge is 0.159 e. The van der Waals surface area contributed by atoms with Crippen LogP contribution < -0.4 is 10.2 Å². The van der Waals surface area contributed by atoms with Crippen molar-refractivity contribution in [1.29, 1.82) is 0 Å². The van der Waals surface area contributed by atoms with Crippen molar-refractivity contribution >= 4 is 38.8 Å². The Morgan fingerprint density at radius 3 is 2.25 bits per heavy atom. The highest BCUT2D eigenvalue weighted by Gasteiger charge is 2.40. The number of anilines is 3. The molecule has 1 unspecified atom stereocenters. The van der Waals surface area contributed by atoms with Crippen molar-refractivity contribution in [2.45, 2.75) is 6.17 Å². The molecule has 0 fully saturated rings. The molecule has 0 saturated heterocycles. The quantitative estimate of drug-likeness (QED) is 0.250. The Labute approximate surface area is 231 Å². The molecule has 7 aromatic rings. The second-order valence-electron chi connectivity index (χ2n) is 10.6. The fourth-order valence-electron chi connectivity index (χ4n) is 6.57. The lowest BCUT2D eigenvalue weighted by atomic mass is 9.94. The Balaban J connectivity index is 1.19. The van der Waals surface area contributed by atoms with Gasteiger partial charge in [0.15, 0.2) is 5.76 Å². The van der Waals surface area contributed by atoms with Gasteiger partial charge >= 0.3 is 0 Å². The number of nitrogens with zero attached hydrogens (tertiary/aromatic N) is 1. The summed E-state index contributed by atoms with van der Waals surface area (Å²) < 4.78 is 6.58. The van der Waals surface area contributed by atoms with Crippen molar-refractivity contribution in [3.05, 3.63) is 139 Å². The Kier molecular flexibility index (Phi) is 4.39. The number of para-hydroxylation sites is 2. The summed E-state index contributed by atoms with van der Waals surface area (Å²) in [7, 11) is 0. The first kappa shape index (κ1) is 21.6. The molecular formula is C37H24N2O. The van der Waals surface area contributed by atoms with Gasteiger partial charge in [-0.25, -0.2) is 0 Å². The Bertz CT molecular complexity index is 2100. The third kappa shape index (κ3) is 3.00. The molecule has 3 heterocycles. The summed E-state index contributed by atoms with van der Waals surface area (Å²) in [6, 6.07) is 47.7. The van der Waals surface area contributed by atoms with Crippen molar-refractivity contribution in [3.8, 4) is 33.6 Å². The van der Waals surface area contributed by atoms with Crippen LogP contribution in [0.15, 0.2) is 138 Å². The monoisotopic (exact) mass is 512 g/mol. The van der Waals surface area contributed by atoms with Crippen LogP contribution in [0.1, 0.15) is 11.7 Å². The van der Waals surface area contributed by atoms with E-state index in [1.165, 1.54) is 44.3 Å². The zero-order chi connectivity index (χ0) is 26.2. The molecule has 0 amide bonds. The second-order valence-corrected chi connectivity index (χ2v) is 10.6. The first-order chi connectivity index (χ1) is 19.8. The van der Waals surface area contributed by atoms with Crippen LogP contribution in [0.2, 0.25) is 0 Å². The number of benzene rings is 6. The van der Waals surface area contributed by atoms with E-state index in [0.29, 0.717) is 0 Å². The third-order valence-electron chi connectivity index (χ3n) is 8.44. The van der Waals surface area contributed by atoms with Crippen LogP contribution in [0, 0.1) is 0 Å². The predicted octanol–water partition coefficient (Wildman–Crippen LogP) is 10.2. The topological polar surface area (TPSA) is 28.4 Å². The van der Waals surface area contributed by atoms with E-state index < -0.39 is 0 Å². The molecule has 6 aromatic carbocycles. The van der Waals surface area contributed by atoms with Gasteiger partial charge in [-0.05, 0) is 57.3 Å². The molecule has 2 aliphatic rings. The molecule has 1 N–H and O–H groups in total. The zero-order valence-electron chi connectivity index (χ0n) is 21.6. The van der Waals surface area contributed by atoms with E-state index >= 15 is 0 Å². The van der Waals surface area contributed by atoms with E-state index in [1.807, 2.05) is 0 Å². The predicted molar refractivity (Wildman–Crippen MR) is 165 cm³/mol. The number of rotatable bonds is 2. The highest BCUT2D eigenvalue weighted by atomic mass is 16.3. The highest BCUT2D eigenvalue weighted by molar-refractivity contribution is 6.07. The minimum absolute atomic E-state index is 0.0329. The maximum atomic E-state index is 6.58. The molecule has 0 bridgehead atoms. The van der Waals surface area contributed by atoms with Gasteiger partial charge in [0.25, 0.3) is 0 Å². The van der Waals surface area contributed by atoms with E-state index in [1.54, 1.807) is 0 Å². The summed E-state index contributed by atoms with van der Waals surface area (Å²) >= 11 is 0. The lowest BCUT2D eigenvalue weighted by Gasteiger charge is -2.32. The average molecular weight is 513 g/mol. The number of nitrogens with one attached hydrogen (secondary N) is 1. The molecule has 1 aromatic heterocycles. The molecule has 3 heteroatoms. The lowest BCUT2D eigenvalue weighted by molar-refractivity contribution is 0.622. The molecule has 0 aliphatic carbocycles. The van der Waals surface area contributed by atoms with Gasteiger partial charge in [0, 0.05) is 16.5 Å². The molecule has 2 aliphatic heterocycles. The molecule has 0 saturated carbocycles. The van der Waals surface area contributed by atoms with Crippen LogP contribution in [0.4, 0.5) is 17.1 Å². The molecule has 0 radical (unpaired) electrons. The molecular weight excluding hydrogens is 488 g/mol. The number of hydrogen-bond acceptors (Lipinski definition) is 3. The van der Waals surface area contributed by atoms with Crippen molar-refractivity contribution in [3.63, 3.8) is 0 Å². The first-order valence-electron chi connectivity index (χ1n) is 13.7. The van der Waals surface area contributed by atoms with Crippen LogP contribution in [0.5, 0.6) is 0 Å². The van der Waals surface area contributed by atoms with Crippen LogP contribution in [0.25, 0.3) is 55.3 Å². The van der Waals surface area contributed by atoms with E-state index in [0.717, 1.165) is 33.7 Å². The molecule has 3 nitrogen and oxygen atoms in total. The van der Waals surface area contributed by atoms with Crippen LogP contribution >= 0.6 is 0 Å². The maximum Gasteiger partial charge on any atom is 0.159 e. The van der Waals surface area contributed by atoms with Crippen molar-refractivity contribution < 1.29 is 4.42 Å². The molecule has 188 valence electrons. The van der Waals surface area contributed by atoms with E-state index in [-0.39, 0.29) is 6.17 Å². The fourth-order valence-corrected chi connectivity index (χ4v) is 6.57. The Hall–Kier alpha value is -5.28. The Morgan fingerprint density at radius 1 is 0.575 bits per heavy atom. The second kappa shape index (κ2) is 8.11. The average Bonchev–Trinajstić information content (AvgIpc) is 3.60. The maximum absolute atomic E-state index is 6.58. The van der Waals surface area contributed by atoms with Crippen LogP contribution in [-0.4, -0.2) is 0 Å². The van der Waals surface area contributed by atoms with Crippen molar-refractivity contribution in [2.24, 2.45) is 0 Å². The highest BCUT2D eigenvalue weighted by Crippen LogP contribution is 2.57. The van der Waals surface area contributed by atoms with Gasteiger partial charge in [-0.2, -0.15) is 0 Å². The lowest BCUT2D eigenvalue weighted by Crippen LogP contribution is -2.27. The van der Waals surface area contributed by atoms with E-state index in [2.05, 4.69) is 144 Å². The van der Waals surface area contributed by atoms with Gasteiger partial charge in [0.05, 0.1) is 17.1 Å². The van der Waals surface area contributed by atoms with Gasteiger partial charge < -0.3 is 14.6 Å². The van der Waals surface area contributed by atoms with Gasteiger partial charge in [0.1, 0.15) is 11.7 Å². The van der Waals surface area contributed by atoms with Crippen LogP contribution in [-0.2, 0) is 0 Å². The van der Waals surface area contributed by atoms with Gasteiger partial charge in [-0.1, -0.05) is 109 Å². The standard InChI is InChI=1S/C37H24N2O/c1-2-10-27-24(8-1)9-7-13-28(27)25-18-16-23(17-19-25)26-20-21-34-31(22-26)35-36(40-34)29-11-3-4-12-30(29)37-38-32-14-5-6-15-33(32)39(35)37/h1-22,37-38H. The summed E-state index contributed by atoms with van der Waals surface area (Å²) in [4.78, 5) is 2.41. The number of hydrogen-bond donors (Lipinski definition) is 1. The first-order valence-corrected chi connectivity index (χ1v) is 13.7. The molecule has 40 heavy (non-hydrogen) atoms. The minimum Gasteiger partial charge on any atom is -0.454 e. The third-order valence-corrected chi connectivity index (χ3v) is 8.44. The van der Waals surface area contributed by atoms with Crippen LogP contribution in [0.3, 0.4) is 0 Å². The van der Waals surface area contributed by atoms with E-state index in [4.69, 9.17) is 4.42 Å². The number of furan rings is 1. The SMILES string of the molecule is c1ccc2c(c1)NC1c3ccccc3-c3oc4ccc(-c5ccc(-c6cccc7ccccc67)cc5)cc4c3N21. The van der Waals surface area contributed by atoms with E-state index in [9.17, 15) is 0 Å². The fraction of sp³-hybridized carbons (Fsp3) is 0.0270. The minimum atomic E-state index is 0.0329. The molecule has 1 atom stereocenters. The van der Waals surface area contributed by atoms with Gasteiger partial charge in [-0.3, -0.25) is 0 Å². The summed E-state index contributed by atoms with van der Waals surface area (Å²) in [5.41, 5.74) is 11.6. The normalized spacial score (nSPS) is 14.9. The van der Waals surface area contributed by atoms with Crippen molar-refractivity contribution in [2.75, 3.05) is 10.2 Å².